The number of anilines is 1. The van der Waals surface area contributed by atoms with Crippen molar-refractivity contribution in [2.75, 3.05) is 25.4 Å². The van der Waals surface area contributed by atoms with Crippen LogP contribution in [-0.2, 0) is 32.4 Å². The third kappa shape index (κ3) is 8.35. The van der Waals surface area contributed by atoms with Crippen molar-refractivity contribution in [2.45, 2.75) is 50.2 Å². The van der Waals surface area contributed by atoms with Crippen molar-refractivity contribution in [3.8, 4) is 0 Å². The summed E-state index contributed by atoms with van der Waals surface area (Å²) in [6.07, 6.45) is 0.117. The summed E-state index contributed by atoms with van der Waals surface area (Å²) < 4.78 is 34.2. The maximum Gasteiger partial charge on any atom is 0.410 e. The van der Waals surface area contributed by atoms with Crippen molar-refractivity contribution < 1.29 is 22.7 Å². The number of ether oxygens (including phenoxy) is 1. The Morgan fingerprint density at radius 1 is 0.837 bits per heavy atom. The quantitative estimate of drug-likeness (QED) is 0.236. The molecular weight excluding hydrogens is 562 g/mol. The maximum atomic E-state index is 13.9. The molecular formula is C34H39N3O5S. The Bertz CT molecular complexity index is 1680. The number of nitrogens with one attached hydrogen (secondary N) is 1. The number of carbonyl (C=O) groups is 2. The van der Waals surface area contributed by atoms with Crippen LogP contribution < -0.4 is 4.72 Å². The van der Waals surface area contributed by atoms with Crippen LogP contribution in [0.1, 0.15) is 31.9 Å². The van der Waals surface area contributed by atoms with Gasteiger partial charge in [0, 0.05) is 27.1 Å². The maximum absolute atomic E-state index is 13.9. The predicted octanol–water partition coefficient (Wildman–Crippen LogP) is 6.12. The van der Waals surface area contributed by atoms with Gasteiger partial charge in [0.25, 0.3) is 10.0 Å². The normalized spacial score (nSPS) is 12.4. The largest absolute Gasteiger partial charge is 0.444 e. The summed E-state index contributed by atoms with van der Waals surface area (Å²) in [5, 5.41) is 2.14. The molecule has 0 aliphatic carbocycles. The van der Waals surface area contributed by atoms with E-state index in [2.05, 4.69) is 4.72 Å². The Kier molecular flexibility index (Phi) is 9.76. The highest BCUT2D eigenvalue weighted by Crippen LogP contribution is 2.23. The number of fused-ring (bicyclic) bond motifs is 1. The van der Waals surface area contributed by atoms with E-state index in [1.165, 1.54) is 17.0 Å². The summed E-state index contributed by atoms with van der Waals surface area (Å²) in [6, 6.07) is 28.5. The lowest BCUT2D eigenvalue weighted by molar-refractivity contribution is -0.135. The first-order valence-corrected chi connectivity index (χ1v) is 15.7. The molecule has 0 aromatic heterocycles. The van der Waals surface area contributed by atoms with Crippen molar-refractivity contribution in [3.05, 3.63) is 108 Å². The molecule has 4 aromatic rings. The number of hydrogen-bond donors (Lipinski definition) is 1. The summed E-state index contributed by atoms with van der Waals surface area (Å²) >= 11 is 0. The average molecular weight is 602 g/mol. The predicted molar refractivity (Wildman–Crippen MR) is 170 cm³/mol. The highest BCUT2D eigenvalue weighted by atomic mass is 32.2. The molecule has 0 spiro atoms. The number of sulfonamides is 1. The summed E-state index contributed by atoms with van der Waals surface area (Å²) in [5.74, 6) is -0.246. The van der Waals surface area contributed by atoms with Crippen molar-refractivity contribution in [3.63, 3.8) is 0 Å². The molecule has 0 aliphatic heterocycles. The van der Waals surface area contributed by atoms with E-state index in [4.69, 9.17) is 4.74 Å². The van der Waals surface area contributed by atoms with Gasteiger partial charge in [-0.1, -0.05) is 78.9 Å². The number of rotatable bonds is 10. The standard InChI is InChI=1S/C34H39N3O5S/c1-34(2,3)42-33(39)37(5)31(24-25-19-20-26-13-9-10-15-28(26)23-25)32(38)36(4)22-21-27-14-11-12-18-30(27)35-43(40,41)29-16-7-6-8-17-29/h6-20,23,31,35H,21-22,24H2,1-5H3/t31-/m1/s1. The second-order valence-corrected chi connectivity index (χ2v) is 13.3. The fraction of sp³-hybridized carbons (Fsp3) is 0.294. The fourth-order valence-electron chi connectivity index (χ4n) is 4.73. The third-order valence-corrected chi connectivity index (χ3v) is 8.47. The van der Waals surface area contributed by atoms with Gasteiger partial charge in [-0.3, -0.25) is 14.4 Å². The van der Waals surface area contributed by atoms with Crippen molar-refractivity contribution in [2.24, 2.45) is 0 Å². The minimum atomic E-state index is -3.78. The van der Waals surface area contributed by atoms with E-state index >= 15 is 0 Å². The molecule has 0 aliphatic rings. The first kappa shape index (κ1) is 31.6. The number of carbonyl (C=O) groups excluding carboxylic acids is 2. The van der Waals surface area contributed by atoms with Crippen LogP contribution in [0.25, 0.3) is 10.8 Å². The highest BCUT2D eigenvalue weighted by Gasteiger charge is 2.32. The molecule has 0 saturated carbocycles. The average Bonchev–Trinajstić information content (AvgIpc) is 2.98. The van der Waals surface area contributed by atoms with E-state index in [1.807, 2.05) is 54.6 Å². The van der Waals surface area contributed by atoms with Crippen LogP contribution in [0, 0.1) is 0 Å². The zero-order chi connectivity index (χ0) is 31.2. The molecule has 0 saturated heterocycles. The Hall–Kier alpha value is -4.37. The van der Waals surface area contributed by atoms with Gasteiger partial charge < -0.3 is 9.64 Å². The third-order valence-electron chi connectivity index (χ3n) is 7.08. The van der Waals surface area contributed by atoms with E-state index in [0.29, 0.717) is 25.1 Å². The molecule has 1 N–H and O–H groups in total. The Balaban J connectivity index is 1.53. The first-order chi connectivity index (χ1) is 20.3. The molecule has 8 nitrogen and oxygen atoms in total. The van der Waals surface area contributed by atoms with Gasteiger partial charge in [-0.05, 0) is 67.3 Å². The van der Waals surface area contributed by atoms with E-state index in [1.54, 1.807) is 70.1 Å². The molecule has 4 rings (SSSR count). The van der Waals surface area contributed by atoms with Gasteiger partial charge in [0.15, 0.2) is 0 Å². The van der Waals surface area contributed by atoms with Gasteiger partial charge in [-0.15, -0.1) is 0 Å². The van der Waals surface area contributed by atoms with Crippen molar-refractivity contribution >= 4 is 38.5 Å². The lowest BCUT2D eigenvalue weighted by atomic mass is 10.00. The number of likely N-dealkylation sites (N-methyl/N-ethyl adjacent to an activating group) is 2. The zero-order valence-corrected chi connectivity index (χ0v) is 26.1. The lowest BCUT2D eigenvalue weighted by Crippen LogP contribution is -2.51. The topological polar surface area (TPSA) is 96.0 Å². The van der Waals surface area contributed by atoms with Gasteiger partial charge in [0.2, 0.25) is 5.91 Å². The molecule has 0 bridgehead atoms. The monoisotopic (exact) mass is 601 g/mol. The van der Waals surface area contributed by atoms with Crippen LogP contribution in [0.15, 0.2) is 102 Å². The molecule has 0 unspecified atom stereocenters. The smallest absolute Gasteiger partial charge is 0.410 e. The highest BCUT2D eigenvalue weighted by molar-refractivity contribution is 7.92. The second-order valence-electron chi connectivity index (χ2n) is 11.6. The first-order valence-electron chi connectivity index (χ1n) is 14.2. The number of nitrogens with zero attached hydrogens (tertiary/aromatic N) is 2. The molecule has 1 atom stereocenters. The number of amides is 2. The molecule has 9 heteroatoms. The van der Waals surface area contributed by atoms with Crippen LogP contribution in [0.2, 0.25) is 0 Å². The van der Waals surface area contributed by atoms with Crippen LogP contribution >= 0.6 is 0 Å². The summed E-state index contributed by atoms with van der Waals surface area (Å²) in [5.41, 5.74) is 1.39. The van der Waals surface area contributed by atoms with Crippen molar-refractivity contribution in [1.82, 2.24) is 9.80 Å². The van der Waals surface area contributed by atoms with Crippen LogP contribution in [0.4, 0.5) is 10.5 Å². The number of benzene rings is 4. The van der Waals surface area contributed by atoms with Crippen LogP contribution in [0.3, 0.4) is 0 Å². The summed E-state index contributed by atoms with van der Waals surface area (Å²) in [6.45, 7) is 5.66. The fourth-order valence-corrected chi connectivity index (χ4v) is 5.86. The Labute approximate surface area is 254 Å². The Morgan fingerprint density at radius 2 is 1.47 bits per heavy atom. The minimum absolute atomic E-state index is 0.166. The second kappa shape index (κ2) is 13.3. The van der Waals surface area contributed by atoms with E-state index in [0.717, 1.165) is 21.9 Å². The minimum Gasteiger partial charge on any atom is -0.444 e. The van der Waals surface area contributed by atoms with Crippen LogP contribution in [0.5, 0.6) is 0 Å². The molecule has 2 amide bonds. The SMILES string of the molecule is CN(CCc1ccccc1NS(=O)(=O)c1ccccc1)C(=O)[C@@H](Cc1ccc2ccccc2c1)N(C)C(=O)OC(C)(C)C. The molecule has 0 radical (unpaired) electrons. The molecule has 43 heavy (non-hydrogen) atoms. The molecule has 0 heterocycles. The van der Waals surface area contributed by atoms with Gasteiger partial charge in [-0.25, -0.2) is 13.2 Å². The molecule has 0 fully saturated rings. The zero-order valence-electron chi connectivity index (χ0n) is 25.3. The van der Waals surface area contributed by atoms with Gasteiger partial charge in [0.1, 0.15) is 11.6 Å². The Morgan fingerprint density at radius 3 is 2.16 bits per heavy atom. The van der Waals surface area contributed by atoms with E-state index in [-0.39, 0.29) is 10.8 Å². The molecule has 226 valence electrons. The van der Waals surface area contributed by atoms with Gasteiger partial charge >= 0.3 is 6.09 Å². The number of hydrogen-bond acceptors (Lipinski definition) is 5. The van der Waals surface area contributed by atoms with E-state index < -0.39 is 27.8 Å². The molecule has 4 aromatic carbocycles. The number of para-hydroxylation sites is 1. The lowest BCUT2D eigenvalue weighted by Gasteiger charge is -2.32. The van der Waals surface area contributed by atoms with Crippen molar-refractivity contribution in [1.29, 1.82) is 0 Å². The van der Waals surface area contributed by atoms with Crippen LogP contribution in [-0.4, -0.2) is 62.5 Å². The van der Waals surface area contributed by atoms with Gasteiger partial charge in [0.05, 0.1) is 10.6 Å². The summed E-state index contributed by atoms with van der Waals surface area (Å²) in [7, 11) is -0.506. The van der Waals surface area contributed by atoms with Gasteiger partial charge in [-0.2, -0.15) is 0 Å². The summed E-state index contributed by atoms with van der Waals surface area (Å²) in [4.78, 5) is 30.1. The van der Waals surface area contributed by atoms with E-state index in [9.17, 15) is 18.0 Å².